The lowest BCUT2D eigenvalue weighted by Gasteiger charge is -2.05. The molecular weight excluding hydrogens is 438 g/mol. The fourth-order valence-corrected chi connectivity index (χ4v) is 3.91. The van der Waals surface area contributed by atoms with Crippen molar-refractivity contribution in [2.45, 2.75) is 19.5 Å². The minimum absolute atomic E-state index is 0.795. The summed E-state index contributed by atoms with van der Waals surface area (Å²) in [5, 5.41) is 25.3. The topological polar surface area (TPSA) is 104 Å². The molecule has 3 N–H and O–H groups in total. The molecule has 170 valence electrons. The van der Waals surface area contributed by atoms with E-state index in [1.165, 1.54) is 21.6 Å². The average Bonchev–Trinajstić information content (AvgIpc) is 3.48. The highest BCUT2D eigenvalue weighted by Crippen LogP contribution is 2.27. The van der Waals surface area contributed by atoms with Crippen LogP contribution in [0, 0.1) is 0 Å². The minimum Gasteiger partial charge on any atom is -0.473 e. The van der Waals surface area contributed by atoms with E-state index in [0.29, 0.717) is 0 Å². The van der Waals surface area contributed by atoms with Crippen LogP contribution in [0.15, 0.2) is 84.4 Å². The summed E-state index contributed by atoms with van der Waals surface area (Å²) >= 11 is 1.74. The van der Waals surface area contributed by atoms with Gasteiger partial charge < -0.3 is 15.5 Å². The van der Waals surface area contributed by atoms with Crippen molar-refractivity contribution in [3.05, 3.63) is 101 Å². The summed E-state index contributed by atoms with van der Waals surface area (Å²) in [4.78, 5) is 19.4. The van der Waals surface area contributed by atoms with Crippen LogP contribution in [-0.2, 0) is 29.1 Å². The zero-order chi connectivity index (χ0) is 23.5. The Balaban J connectivity index is 0.000000454. The summed E-state index contributed by atoms with van der Waals surface area (Å²) in [6.45, 7) is 2.58. The fraction of sp³-hybridized carbons (Fsp3) is 0.160. The summed E-state index contributed by atoms with van der Waals surface area (Å²) < 4.78 is 2.05. The number of carboxylic acids is 2. The van der Waals surface area contributed by atoms with Crippen molar-refractivity contribution < 1.29 is 19.8 Å². The summed E-state index contributed by atoms with van der Waals surface area (Å²) in [5.74, 6) is -3.65. The number of hydrogen-bond donors (Lipinski definition) is 3. The Labute approximate surface area is 196 Å². The third-order valence-electron chi connectivity index (χ3n) is 4.71. The number of nitrogens with zero attached hydrogens (tertiary/aromatic N) is 2. The van der Waals surface area contributed by atoms with Gasteiger partial charge in [-0.05, 0) is 35.5 Å². The van der Waals surface area contributed by atoms with Crippen LogP contribution in [0.3, 0.4) is 0 Å². The summed E-state index contributed by atoms with van der Waals surface area (Å²) in [6.07, 6.45) is 3.21. The molecule has 0 unspecified atom stereocenters. The number of aromatic nitrogens is 2. The van der Waals surface area contributed by atoms with Crippen LogP contribution >= 0.6 is 11.3 Å². The molecule has 2 aromatic carbocycles. The Morgan fingerprint density at radius 1 is 0.879 bits per heavy atom. The first-order valence-corrected chi connectivity index (χ1v) is 11.3. The molecule has 2 heterocycles. The molecule has 0 saturated heterocycles. The number of benzene rings is 2. The molecule has 0 aliphatic rings. The second kappa shape index (κ2) is 12.3. The van der Waals surface area contributed by atoms with Crippen molar-refractivity contribution in [2.75, 3.05) is 6.54 Å². The van der Waals surface area contributed by atoms with E-state index >= 15 is 0 Å². The standard InChI is InChI=1S/C23H23N3S.C2H2O4/c1-3-8-19(9-4-1)13-14-24-16-21-18-26(17-20-10-5-2-6-11-20)25-23(21)22-12-7-15-27-22;3-1(4)2(5)6/h1-12,15,18,24H,13-14,16-17H2;(H,3,4)(H,5,6). The van der Waals surface area contributed by atoms with Crippen molar-refractivity contribution >= 4 is 23.3 Å². The van der Waals surface area contributed by atoms with Crippen molar-refractivity contribution in [2.24, 2.45) is 0 Å². The van der Waals surface area contributed by atoms with Gasteiger partial charge in [0.25, 0.3) is 0 Å². The lowest BCUT2D eigenvalue weighted by atomic mass is 10.1. The van der Waals surface area contributed by atoms with Crippen LogP contribution in [0.1, 0.15) is 16.7 Å². The van der Waals surface area contributed by atoms with E-state index in [0.717, 1.165) is 31.7 Å². The van der Waals surface area contributed by atoms with Gasteiger partial charge in [-0.1, -0.05) is 66.7 Å². The van der Waals surface area contributed by atoms with E-state index in [-0.39, 0.29) is 0 Å². The van der Waals surface area contributed by atoms with E-state index in [1.54, 1.807) is 11.3 Å². The van der Waals surface area contributed by atoms with E-state index < -0.39 is 11.9 Å². The Morgan fingerprint density at radius 3 is 2.09 bits per heavy atom. The average molecular weight is 464 g/mol. The Bertz CT molecular complexity index is 1130. The molecule has 33 heavy (non-hydrogen) atoms. The number of aliphatic carboxylic acids is 2. The van der Waals surface area contributed by atoms with E-state index in [9.17, 15) is 0 Å². The molecule has 8 heteroatoms. The lowest BCUT2D eigenvalue weighted by Crippen LogP contribution is -2.16. The molecule has 2 aromatic heterocycles. The van der Waals surface area contributed by atoms with Gasteiger partial charge in [0, 0.05) is 18.3 Å². The highest BCUT2D eigenvalue weighted by molar-refractivity contribution is 7.13. The number of thiophene rings is 1. The van der Waals surface area contributed by atoms with Gasteiger partial charge in [-0.25, -0.2) is 9.59 Å². The fourth-order valence-electron chi connectivity index (χ4n) is 3.16. The maximum atomic E-state index is 9.10. The molecule has 4 aromatic rings. The van der Waals surface area contributed by atoms with Crippen LogP contribution < -0.4 is 5.32 Å². The molecule has 0 spiro atoms. The van der Waals surface area contributed by atoms with Gasteiger partial charge in [-0.3, -0.25) is 4.68 Å². The molecule has 0 radical (unpaired) electrons. The SMILES string of the molecule is O=C(O)C(=O)O.c1ccc(CCNCc2cn(Cc3ccccc3)nc2-c2cccs2)cc1. The smallest absolute Gasteiger partial charge is 0.414 e. The third-order valence-corrected chi connectivity index (χ3v) is 5.59. The molecule has 4 rings (SSSR count). The number of hydrogen-bond acceptors (Lipinski definition) is 5. The summed E-state index contributed by atoms with van der Waals surface area (Å²) in [7, 11) is 0. The minimum atomic E-state index is -1.82. The first kappa shape index (κ1) is 23.9. The molecule has 7 nitrogen and oxygen atoms in total. The molecule has 0 atom stereocenters. The normalized spacial score (nSPS) is 10.3. The first-order chi connectivity index (χ1) is 16.0. The predicted octanol–water partition coefficient (Wildman–Crippen LogP) is 4.15. The molecule has 0 fully saturated rings. The van der Waals surface area contributed by atoms with Crippen molar-refractivity contribution in [1.29, 1.82) is 0 Å². The molecular formula is C25H25N3O4S. The quantitative estimate of drug-likeness (QED) is 0.268. The van der Waals surface area contributed by atoms with Gasteiger partial charge >= 0.3 is 11.9 Å². The van der Waals surface area contributed by atoms with Crippen molar-refractivity contribution in [1.82, 2.24) is 15.1 Å². The number of rotatable bonds is 8. The molecule has 0 aliphatic carbocycles. The number of nitrogens with one attached hydrogen (secondary N) is 1. The van der Waals surface area contributed by atoms with Crippen LogP contribution in [0.25, 0.3) is 10.6 Å². The largest absolute Gasteiger partial charge is 0.473 e. The van der Waals surface area contributed by atoms with Crippen LogP contribution in [-0.4, -0.2) is 38.5 Å². The number of carbonyl (C=O) groups is 2. The first-order valence-electron chi connectivity index (χ1n) is 10.4. The van der Waals surface area contributed by atoms with Gasteiger partial charge in [0.05, 0.1) is 11.4 Å². The van der Waals surface area contributed by atoms with E-state index in [1.807, 2.05) is 6.07 Å². The lowest BCUT2D eigenvalue weighted by molar-refractivity contribution is -0.159. The Morgan fingerprint density at radius 2 is 1.52 bits per heavy atom. The third kappa shape index (κ3) is 7.71. The molecule has 0 bridgehead atoms. The Hall–Kier alpha value is -3.75. The maximum Gasteiger partial charge on any atom is 0.414 e. The van der Waals surface area contributed by atoms with Crippen LogP contribution in [0.2, 0.25) is 0 Å². The monoisotopic (exact) mass is 463 g/mol. The zero-order valence-corrected chi connectivity index (χ0v) is 18.7. The predicted molar refractivity (Wildman–Crippen MR) is 128 cm³/mol. The van der Waals surface area contributed by atoms with Gasteiger partial charge in [0.1, 0.15) is 5.69 Å². The highest BCUT2D eigenvalue weighted by atomic mass is 32.1. The Kier molecular flexibility index (Phi) is 8.93. The van der Waals surface area contributed by atoms with Crippen LogP contribution in [0.5, 0.6) is 0 Å². The van der Waals surface area contributed by atoms with Crippen molar-refractivity contribution in [3.8, 4) is 10.6 Å². The molecule has 0 saturated carbocycles. The summed E-state index contributed by atoms with van der Waals surface area (Å²) in [5.41, 5.74) is 4.97. The highest BCUT2D eigenvalue weighted by Gasteiger charge is 2.12. The van der Waals surface area contributed by atoms with Gasteiger partial charge in [0.15, 0.2) is 0 Å². The molecule has 0 amide bonds. The maximum absolute atomic E-state index is 9.10. The van der Waals surface area contributed by atoms with Crippen molar-refractivity contribution in [3.63, 3.8) is 0 Å². The van der Waals surface area contributed by atoms with Crippen LogP contribution in [0.4, 0.5) is 0 Å². The zero-order valence-electron chi connectivity index (χ0n) is 17.9. The van der Waals surface area contributed by atoms with E-state index in [4.69, 9.17) is 24.9 Å². The number of carboxylic acid groups (broad SMARTS) is 2. The van der Waals surface area contributed by atoms with E-state index in [2.05, 4.69) is 88.3 Å². The summed E-state index contributed by atoms with van der Waals surface area (Å²) in [6, 6.07) is 25.3. The molecule has 0 aliphatic heterocycles. The second-order valence-corrected chi connectivity index (χ2v) is 8.13. The van der Waals surface area contributed by atoms with Gasteiger partial charge in [-0.2, -0.15) is 5.10 Å². The second-order valence-electron chi connectivity index (χ2n) is 7.19. The van der Waals surface area contributed by atoms with Gasteiger partial charge in [0.2, 0.25) is 0 Å². The van der Waals surface area contributed by atoms with Gasteiger partial charge in [-0.15, -0.1) is 11.3 Å².